The molecule has 0 fully saturated rings. The summed E-state index contributed by atoms with van der Waals surface area (Å²) in [6.07, 6.45) is 0. The number of rotatable bonds is 2. The van der Waals surface area contributed by atoms with Crippen molar-refractivity contribution in [3.05, 3.63) is 243 Å². The van der Waals surface area contributed by atoms with E-state index in [-0.39, 0.29) is 26.9 Å². The maximum absolute atomic E-state index is 7.50. The van der Waals surface area contributed by atoms with Crippen molar-refractivity contribution in [1.29, 1.82) is 0 Å². The zero-order valence-electron chi connectivity index (χ0n) is 44.4. The third-order valence-corrected chi connectivity index (χ3v) is 20.6. The van der Waals surface area contributed by atoms with Crippen LogP contribution in [0.3, 0.4) is 0 Å². The number of para-hydroxylation sites is 8. The molecule has 378 valence electrons. The predicted octanol–water partition coefficient (Wildman–Crippen LogP) is 10.1. The highest BCUT2D eigenvalue weighted by atomic mass is 32.1. The van der Waals surface area contributed by atoms with Crippen LogP contribution in [0.1, 0.15) is 0 Å². The quantitative estimate of drug-likeness (QED) is 0.161. The van der Waals surface area contributed by atoms with Gasteiger partial charge in [-0.05, 0) is 138 Å². The zero-order valence-corrected chi connectivity index (χ0v) is 45.2. The molecule has 0 bridgehead atoms. The van der Waals surface area contributed by atoms with Crippen molar-refractivity contribution in [2.75, 3.05) is 19.6 Å². The minimum atomic E-state index is -0.0752. The van der Waals surface area contributed by atoms with Crippen molar-refractivity contribution >= 4 is 192 Å². The van der Waals surface area contributed by atoms with Gasteiger partial charge in [0.2, 0.25) is 0 Å². The van der Waals surface area contributed by atoms with Crippen molar-refractivity contribution < 1.29 is 9.47 Å². The van der Waals surface area contributed by atoms with Gasteiger partial charge in [0.25, 0.3) is 26.9 Å². The van der Waals surface area contributed by atoms with Gasteiger partial charge in [-0.1, -0.05) is 158 Å². The van der Waals surface area contributed by atoms with Crippen molar-refractivity contribution in [1.82, 2.24) is 0 Å². The molecule has 83 heavy (non-hydrogen) atoms. The monoisotopic (exact) mass is 1070 g/mol. The van der Waals surface area contributed by atoms with E-state index in [0.717, 1.165) is 45.7 Å². The lowest BCUT2D eigenvalue weighted by Gasteiger charge is -2.49. The molecule has 9 heterocycles. The molecule has 0 saturated heterocycles. The third kappa shape index (κ3) is 5.37. The van der Waals surface area contributed by atoms with Crippen LogP contribution in [0, 0.1) is 0 Å². The molecule has 1 aromatic heterocycles. The molecule has 0 unspecified atom stereocenters. The lowest BCUT2D eigenvalue weighted by molar-refractivity contribution is 0.488. The topological polar surface area (TPSA) is 31.4 Å². The van der Waals surface area contributed by atoms with E-state index in [0.29, 0.717) is 0 Å². The number of nitrogens with zero attached hydrogens (tertiary/aromatic N) is 4. The predicted molar refractivity (Wildman–Crippen MR) is 350 cm³/mol. The number of ether oxygens (including phenoxy) is 2. The fourth-order valence-corrected chi connectivity index (χ4v) is 17.6. The van der Waals surface area contributed by atoms with Gasteiger partial charge >= 0.3 is 0 Å². The Morgan fingerprint density at radius 2 is 0.554 bits per heavy atom. The molecule has 0 amide bonds. The highest BCUT2D eigenvalue weighted by Crippen LogP contribution is 2.52. The molecule has 12 aromatic carbocycles. The van der Waals surface area contributed by atoms with Crippen LogP contribution < -0.4 is 94.6 Å². The Hall–Kier alpha value is -10.1. The normalized spacial score (nSPS) is 14.7. The fraction of sp³-hybridized carbons (Fsp3) is 0. The Bertz CT molecular complexity index is 4810. The van der Waals surface area contributed by atoms with E-state index in [4.69, 9.17) is 9.47 Å². The summed E-state index contributed by atoms with van der Waals surface area (Å²) in [6, 6.07) is 90.6. The van der Waals surface area contributed by atoms with Gasteiger partial charge < -0.3 is 29.1 Å². The minimum Gasteiger partial charge on any atom is -0.458 e. The van der Waals surface area contributed by atoms with Crippen LogP contribution in [-0.4, -0.2) is 26.9 Å². The highest BCUT2D eigenvalue weighted by molar-refractivity contribution is 7.26. The first-order chi connectivity index (χ1) is 41.2. The van der Waals surface area contributed by atoms with Gasteiger partial charge in [0, 0.05) is 101 Å². The molecule has 6 nitrogen and oxygen atoms in total. The second-order valence-electron chi connectivity index (χ2n) is 23.3. The summed E-state index contributed by atoms with van der Waals surface area (Å²) in [5.74, 6) is 3.63. The van der Waals surface area contributed by atoms with E-state index < -0.39 is 0 Å². The molecule has 0 radical (unpaired) electrons. The van der Waals surface area contributed by atoms with Gasteiger partial charge in [-0.2, -0.15) is 0 Å². The van der Waals surface area contributed by atoms with E-state index >= 15 is 0 Å². The number of benzene rings is 12. The smallest absolute Gasteiger partial charge is 0.256 e. The van der Waals surface area contributed by atoms with Gasteiger partial charge in [-0.3, -0.25) is 0 Å². The van der Waals surface area contributed by atoms with Crippen LogP contribution in [0.2, 0.25) is 0 Å². The second kappa shape index (κ2) is 15.5. The van der Waals surface area contributed by atoms with Crippen molar-refractivity contribution in [2.45, 2.75) is 0 Å². The molecular formula is C72H40B4N4O2S. The van der Waals surface area contributed by atoms with E-state index in [1.165, 1.54) is 131 Å². The van der Waals surface area contributed by atoms with Crippen LogP contribution in [-0.2, 0) is 0 Å². The number of hydrogen-bond donors (Lipinski definition) is 0. The molecule has 8 aliphatic rings. The van der Waals surface area contributed by atoms with Gasteiger partial charge in [0.15, 0.2) is 0 Å². The molecule has 0 aliphatic carbocycles. The summed E-state index contributed by atoms with van der Waals surface area (Å²) in [5.41, 5.74) is 29.6. The number of fused-ring (bicyclic) bond motifs is 23. The first kappa shape index (κ1) is 43.7. The average molecular weight is 1070 g/mol. The first-order valence-electron chi connectivity index (χ1n) is 28.9. The molecule has 0 atom stereocenters. The van der Waals surface area contributed by atoms with Crippen molar-refractivity contribution in [3.63, 3.8) is 0 Å². The Balaban J connectivity index is 0.795. The summed E-state index contributed by atoms with van der Waals surface area (Å²) in [5, 5.41) is 2.48. The number of anilines is 12. The van der Waals surface area contributed by atoms with E-state index in [9.17, 15) is 0 Å². The molecule has 21 rings (SSSR count). The highest BCUT2D eigenvalue weighted by Gasteiger charge is 2.53. The molecule has 13 aromatic rings. The minimum absolute atomic E-state index is 0.0271. The third-order valence-electron chi connectivity index (χ3n) is 19.5. The largest absolute Gasteiger partial charge is 0.458 e. The number of thiophene rings is 1. The SMILES string of the molecule is c1ccc(N2c3ccccc3B3c4ccccc4N4c5ccccc5B5c6cc7c(cc6Oc6cc2c3c4c65)sc2cc3c(cc27)B2c4ccccc4N4c5ccccc5B5c6ccccc6N(c6ccccc6)c6cc(c2c4c65)O3)cc1. The van der Waals surface area contributed by atoms with Crippen molar-refractivity contribution in [3.8, 4) is 23.0 Å². The lowest BCUT2D eigenvalue weighted by Crippen LogP contribution is -2.68. The molecule has 0 N–H and O–H groups in total. The molecule has 0 saturated carbocycles. The Morgan fingerprint density at radius 1 is 0.253 bits per heavy atom. The second-order valence-corrected chi connectivity index (χ2v) is 24.4. The van der Waals surface area contributed by atoms with Crippen LogP contribution >= 0.6 is 11.3 Å². The van der Waals surface area contributed by atoms with E-state index in [1.807, 2.05) is 11.3 Å². The maximum atomic E-state index is 7.50. The van der Waals surface area contributed by atoms with Gasteiger partial charge in [0.1, 0.15) is 23.0 Å². The average Bonchev–Trinajstić information content (AvgIpc) is 0.974. The van der Waals surface area contributed by atoms with Gasteiger partial charge in [0.05, 0.1) is 0 Å². The summed E-state index contributed by atoms with van der Waals surface area (Å²) < 4.78 is 17.4. The first-order valence-corrected chi connectivity index (χ1v) is 29.7. The Kier molecular flexibility index (Phi) is 8.14. The lowest BCUT2D eigenvalue weighted by atomic mass is 9.29. The van der Waals surface area contributed by atoms with E-state index in [1.54, 1.807) is 0 Å². The zero-order chi connectivity index (χ0) is 53.5. The Morgan fingerprint density at radius 3 is 0.904 bits per heavy atom. The van der Waals surface area contributed by atoms with Crippen LogP contribution in [0.5, 0.6) is 23.0 Å². The molecular weight excluding hydrogens is 1030 g/mol. The molecule has 8 aliphatic heterocycles. The van der Waals surface area contributed by atoms with Gasteiger partial charge in [-0.25, -0.2) is 0 Å². The maximum Gasteiger partial charge on any atom is 0.256 e. The van der Waals surface area contributed by atoms with Crippen molar-refractivity contribution in [2.24, 2.45) is 0 Å². The van der Waals surface area contributed by atoms with Gasteiger partial charge in [-0.15, -0.1) is 11.3 Å². The fourth-order valence-electron chi connectivity index (χ4n) is 16.4. The van der Waals surface area contributed by atoms with Crippen LogP contribution in [0.4, 0.5) is 68.2 Å². The number of hydrogen-bond acceptors (Lipinski definition) is 7. The van der Waals surface area contributed by atoms with E-state index in [2.05, 4.69) is 262 Å². The van der Waals surface area contributed by atoms with Crippen LogP contribution in [0.25, 0.3) is 20.2 Å². The standard InChI is InChI=1S/C72H40B4N4O2S/c1-3-19-41(20-4-1)77-53-29-13-7-23-45(53)73-47-25-9-15-31-55(47)79-57-33-17-11-27-49(57)75-51-35-43-44-36-52-62(40-66(44)83-65(43)39-61(51)81-63-37-59(77)67(73)71(79)69(63)75)82-64-38-60-68-72-70(64)76(52)50-28-12-18-34-58(50)80(72)56-32-16-10-26-48(56)74(68)46-24-8-14-30-54(46)78(60)42-21-5-2-6-22-42/h1-40H. The van der Waals surface area contributed by atoms with Crippen LogP contribution in [0.15, 0.2) is 243 Å². The Labute approximate surface area is 484 Å². The summed E-state index contributed by atoms with van der Waals surface area (Å²) in [7, 11) is 0. The summed E-state index contributed by atoms with van der Waals surface area (Å²) in [4.78, 5) is 10.1. The summed E-state index contributed by atoms with van der Waals surface area (Å²) >= 11 is 1.83. The molecule has 11 heteroatoms. The summed E-state index contributed by atoms with van der Waals surface area (Å²) in [6.45, 7) is -0.0960. The molecule has 0 spiro atoms.